The van der Waals surface area contributed by atoms with Crippen LogP contribution in [0.25, 0.3) is 11.4 Å². The number of hydrogen-bond acceptors (Lipinski definition) is 6. The minimum Gasteiger partial charge on any atom is -0.383 e. The molecule has 1 amide bonds. The number of ether oxygens (including phenoxy) is 1. The standard InChI is InChI=1S/C18H19N5O2S/c1-25-12-11-23-17(14-7-9-19-10-8-14)21-22-18(23)26-13-16(24)20-15-5-3-2-4-6-15/h2-10H,11-13H2,1H3,(H,20,24). The Morgan fingerprint density at radius 3 is 2.65 bits per heavy atom. The van der Waals surface area contributed by atoms with E-state index in [0.29, 0.717) is 18.3 Å². The van der Waals surface area contributed by atoms with E-state index >= 15 is 0 Å². The van der Waals surface area contributed by atoms with Gasteiger partial charge in [0.15, 0.2) is 11.0 Å². The molecule has 0 saturated carbocycles. The van der Waals surface area contributed by atoms with Gasteiger partial charge in [0.2, 0.25) is 5.91 Å². The molecule has 2 aromatic heterocycles. The number of benzene rings is 1. The zero-order valence-corrected chi connectivity index (χ0v) is 15.1. The van der Waals surface area contributed by atoms with Crippen LogP contribution >= 0.6 is 11.8 Å². The average Bonchev–Trinajstić information content (AvgIpc) is 3.09. The van der Waals surface area contributed by atoms with Crippen molar-refractivity contribution in [1.82, 2.24) is 19.7 Å². The molecule has 134 valence electrons. The number of nitrogens with one attached hydrogen (secondary N) is 1. The summed E-state index contributed by atoms with van der Waals surface area (Å²) >= 11 is 1.35. The number of para-hydroxylation sites is 1. The first-order valence-electron chi connectivity index (χ1n) is 8.08. The smallest absolute Gasteiger partial charge is 0.234 e. The Morgan fingerprint density at radius 1 is 1.15 bits per heavy atom. The highest BCUT2D eigenvalue weighted by atomic mass is 32.2. The van der Waals surface area contributed by atoms with Gasteiger partial charge < -0.3 is 10.1 Å². The molecule has 0 radical (unpaired) electrons. The third-order valence-electron chi connectivity index (χ3n) is 3.56. The first-order valence-corrected chi connectivity index (χ1v) is 9.06. The van der Waals surface area contributed by atoms with E-state index in [1.807, 2.05) is 47.0 Å². The third-order valence-corrected chi connectivity index (χ3v) is 4.53. The van der Waals surface area contributed by atoms with Crippen LogP contribution < -0.4 is 5.32 Å². The van der Waals surface area contributed by atoms with Crippen molar-refractivity contribution in [2.45, 2.75) is 11.7 Å². The van der Waals surface area contributed by atoms with Gasteiger partial charge >= 0.3 is 0 Å². The van der Waals surface area contributed by atoms with Gasteiger partial charge in [0.1, 0.15) is 0 Å². The van der Waals surface area contributed by atoms with Crippen molar-refractivity contribution in [2.24, 2.45) is 0 Å². The Bertz CT molecular complexity index is 839. The van der Waals surface area contributed by atoms with Crippen LogP contribution in [0.2, 0.25) is 0 Å². The number of amides is 1. The van der Waals surface area contributed by atoms with Gasteiger partial charge in [-0.05, 0) is 24.3 Å². The number of carbonyl (C=O) groups excluding carboxylic acids is 1. The van der Waals surface area contributed by atoms with Crippen LogP contribution in [0.1, 0.15) is 0 Å². The summed E-state index contributed by atoms with van der Waals surface area (Å²) in [4.78, 5) is 16.2. The van der Waals surface area contributed by atoms with E-state index in [-0.39, 0.29) is 11.7 Å². The summed E-state index contributed by atoms with van der Waals surface area (Å²) in [6, 6.07) is 13.1. The first-order chi connectivity index (χ1) is 12.8. The van der Waals surface area contributed by atoms with E-state index in [2.05, 4.69) is 20.5 Å². The van der Waals surface area contributed by atoms with Crippen molar-refractivity contribution >= 4 is 23.4 Å². The quantitative estimate of drug-likeness (QED) is 0.615. The molecule has 0 bridgehead atoms. The Kier molecular flexibility index (Phi) is 6.34. The lowest BCUT2D eigenvalue weighted by molar-refractivity contribution is -0.113. The Morgan fingerprint density at radius 2 is 1.92 bits per heavy atom. The molecule has 1 N–H and O–H groups in total. The molecule has 0 unspecified atom stereocenters. The fraction of sp³-hybridized carbons (Fsp3) is 0.222. The van der Waals surface area contributed by atoms with Crippen LogP contribution in [-0.2, 0) is 16.1 Å². The van der Waals surface area contributed by atoms with E-state index in [1.54, 1.807) is 19.5 Å². The summed E-state index contributed by atoms with van der Waals surface area (Å²) in [5.41, 5.74) is 1.70. The predicted molar refractivity (Wildman–Crippen MR) is 101 cm³/mol. The first kappa shape index (κ1) is 18.1. The van der Waals surface area contributed by atoms with Gasteiger partial charge in [-0.15, -0.1) is 10.2 Å². The fourth-order valence-electron chi connectivity index (χ4n) is 2.34. The molecular weight excluding hydrogens is 350 g/mol. The van der Waals surface area contributed by atoms with Gasteiger partial charge in [0, 0.05) is 30.8 Å². The van der Waals surface area contributed by atoms with Gasteiger partial charge in [-0.25, -0.2) is 0 Å². The molecule has 0 atom stereocenters. The molecule has 7 nitrogen and oxygen atoms in total. The maximum Gasteiger partial charge on any atom is 0.234 e. The number of aromatic nitrogens is 4. The minimum atomic E-state index is -0.0899. The monoisotopic (exact) mass is 369 g/mol. The molecule has 3 aromatic rings. The molecule has 0 aliphatic carbocycles. The lowest BCUT2D eigenvalue weighted by Crippen LogP contribution is -2.15. The van der Waals surface area contributed by atoms with Crippen molar-refractivity contribution in [1.29, 1.82) is 0 Å². The molecule has 1 aromatic carbocycles. The summed E-state index contributed by atoms with van der Waals surface area (Å²) in [6.45, 7) is 1.13. The van der Waals surface area contributed by atoms with Gasteiger partial charge in [0.05, 0.1) is 18.9 Å². The number of anilines is 1. The number of rotatable bonds is 8. The second-order valence-corrected chi connectivity index (χ2v) is 6.33. The highest BCUT2D eigenvalue weighted by molar-refractivity contribution is 7.99. The van der Waals surface area contributed by atoms with Gasteiger partial charge in [-0.1, -0.05) is 30.0 Å². The summed E-state index contributed by atoms with van der Waals surface area (Å²) < 4.78 is 7.15. The number of methoxy groups -OCH3 is 1. The number of hydrogen-bond donors (Lipinski definition) is 1. The molecule has 2 heterocycles. The molecule has 0 aliphatic heterocycles. The summed E-state index contributed by atoms with van der Waals surface area (Å²) in [5, 5.41) is 12.1. The molecule has 0 aliphatic rings. The maximum absolute atomic E-state index is 12.2. The van der Waals surface area contributed by atoms with Crippen LogP contribution in [0.3, 0.4) is 0 Å². The molecule has 3 rings (SSSR count). The molecular formula is C18H19N5O2S. The van der Waals surface area contributed by atoms with Gasteiger partial charge in [0.25, 0.3) is 0 Å². The molecule has 26 heavy (non-hydrogen) atoms. The maximum atomic E-state index is 12.2. The van der Waals surface area contributed by atoms with E-state index < -0.39 is 0 Å². The highest BCUT2D eigenvalue weighted by Crippen LogP contribution is 2.23. The number of nitrogens with zero attached hydrogens (tertiary/aromatic N) is 4. The number of carbonyl (C=O) groups is 1. The lowest BCUT2D eigenvalue weighted by Gasteiger charge is -2.09. The van der Waals surface area contributed by atoms with Gasteiger partial charge in [-0.3, -0.25) is 14.3 Å². The second kappa shape index (κ2) is 9.12. The SMILES string of the molecule is COCCn1c(SCC(=O)Nc2ccccc2)nnc1-c1ccncc1. The van der Waals surface area contributed by atoms with Crippen LogP contribution in [0, 0.1) is 0 Å². The van der Waals surface area contributed by atoms with Crippen LogP contribution in [0.4, 0.5) is 5.69 Å². The van der Waals surface area contributed by atoms with Crippen molar-refractivity contribution < 1.29 is 9.53 Å². The van der Waals surface area contributed by atoms with Gasteiger partial charge in [-0.2, -0.15) is 0 Å². The Labute approximate surface area is 155 Å². The molecule has 0 fully saturated rings. The largest absolute Gasteiger partial charge is 0.383 e. The van der Waals surface area contributed by atoms with Crippen LogP contribution in [-0.4, -0.2) is 45.1 Å². The zero-order chi connectivity index (χ0) is 18.2. The average molecular weight is 369 g/mol. The third kappa shape index (κ3) is 4.68. The molecule has 0 spiro atoms. The number of pyridine rings is 1. The van der Waals surface area contributed by atoms with E-state index in [4.69, 9.17) is 4.74 Å². The van der Waals surface area contributed by atoms with Crippen LogP contribution in [0.5, 0.6) is 0 Å². The lowest BCUT2D eigenvalue weighted by atomic mass is 10.2. The number of thioether (sulfide) groups is 1. The molecule has 8 heteroatoms. The Balaban J connectivity index is 1.71. The minimum absolute atomic E-state index is 0.0899. The van der Waals surface area contributed by atoms with Crippen molar-refractivity contribution in [3.63, 3.8) is 0 Å². The molecule has 0 saturated heterocycles. The highest BCUT2D eigenvalue weighted by Gasteiger charge is 2.15. The van der Waals surface area contributed by atoms with E-state index in [1.165, 1.54) is 11.8 Å². The van der Waals surface area contributed by atoms with Crippen molar-refractivity contribution in [2.75, 3.05) is 24.8 Å². The van der Waals surface area contributed by atoms with Crippen molar-refractivity contribution in [3.05, 3.63) is 54.9 Å². The topological polar surface area (TPSA) is 81.9 Å². The van der Waals surface area contributed by atoms with Crippen LogP contribution in [0.15, 0.2) is 60.0 Å². The second-order valence-electron chi connectivity index (χ2n) is 5.39. The summed E-state index contributed by atoms with van der Waals surface area (Å²) in [6.07, 6.45) is 3.43. The normalized spacial score (nSPS) is 10.7. The predicted octanol–water partition coefficient (Wildman–Crippen LogP) is 2.72. The van der Waals surface area contributed by atoms with E-state index in [9.17, 15) is 4.79 Å². The Hall–Kier alpha value is -2.71. The van der Waals surface area contributed by atoms with E-state index in [0.717, 1.165) is 17.1 Å². The summed E-state index contributed by atoms with van der Waals surface area (Å²) in [7, 11) is 1.65. The summed E-state index contributed by atoms with van der Waals surface area (Å²) in [5.74, 6) is 0.888. The van der Waals surface area contributed by atoms with Crippen molar-refractivity contribution in [3.8, 4) is 11.4 Å². The fourth-order valence-corrected chi connectivity index (χ4v) is 3.11. The zero-order valence-electron chi connectivity index (χ0n) is 14.3.